The maximum Gasteiger partial charge on any atom is 0.258 e. The van der Waals surface area contributed by atoms with Gasteiger partial charge in [0.25, 0.3) is 11.8 Å². The van der Waals surface area contributed by atoms with Gasteiger partial charge in [0.15, 0.2) is 0 Å². The molecule has 0 bridgehead atoms. The number of nitrogens with one attached hydrogen (secondary N) is 3. The van der Waals surface area contributed by atoms with E-state index in [4.69, 9.17) is 23.8 Å². The van der Waals surface area contributed by atoms with Crippen LogP contribution >= 0.6 is 23.8 Å². The third-order valence-electron chi connectivity index (χ3n) is 4.46. The Bertz CT molecular complexity index is 1070. The van der Waals surface area contributed by atoms with E-state index in [9.17, 15) is 19.2 Å². The van der Waals surface area contributed by atoms with Crippen LogP contribution in [0.3, 0.4) is 0 Å². The molecule has 166 valence electrons. The second-order valence-corrected chi connectivity index (χ2v) is 7.69. The lowest BCUT2D eigenvalue weighted by Crippen LogP contribution is -2.52. The zero-order valence-corrected chi connectivity index (χ0v) is 18.6. The van der Waals surface area contributed by atoms with Gasteiger partial charge in [0.05, 0.1) is 18.7 Å². The van der Waals surface area contributed by atoms with E-state index >= 15 is 0 Å². The number of amides is 4. The van der Waals surface area contributed by atoms with Crippen molar-refractivity contribution in [1.29, 1.82) is 0 Å². The normalized spacial score (nSPS) is 15.5. The Labute approximate surface area is 194 Å². The summed E-state index contributed by atoms with van der Waals surface area (Å²) in [5.41, 5.74) is 3.49. The first-order valence-corrected chi connectivity index (χ1v) is 10.4. The van der Waals surface area contributed by atoms with Crippen molar-refractivity contribution in [2.75, 3.05) is 16.8 Å². The van der Waals surface area contributed by atoms with Gasteiger partial charge in [-0.2, -0.15) is 0 Å². The van der Waals surface area contributed by atoms with Crippen molar-refractivity contribution < 1.29 is 19.2 Å². The van der Waals surface area contributed by atoms with E-state index in [1.807, 2.05) is 0 Å². The first-order valence-electron chi connectivity index (χ1n) is 9.58. The van der Waals surface area contributed by atoms with Crippen molar-refractivity contribution in [3.05, 3.63) is 59.6 Å². The molecule has 3 N–H and O–H groups in total. The molecule has 0 saturated carbocycles. The maximum atomic E-state index is 13.2. The molecule has 1 atom stereocenters. The van der Waals surface area contributed by atoms with Crippen molar-refractivity contribution in [1.82, 2.24) is 15.8 Å². The van der Waals surface area contributed by atoms with Crippen molar-refractivity contribution >= 4 is 63.9 Å². The largest absolute Gasteiger partial charge is 0.347 e. The molecule has 1 fully saturated rings. The van der Waals surface area contributed by atoms with Crippen LogP contribution in [-0.4, -0.2) is 46.3 Å². The minimum atomic E-state index is -1.08. The minimum absolute atomic E-state index is 0.0120. The summed E-state index contributed by atoms with van der Waals surface area (Å²) in [6, 6.07) is 14.1. The van der Waals surface area contributed by atoms with Gasteiger partial charge in [0.2, 0.25) is 16.9 Å². The van der Waals surface area contributed by atoms with Gasteiger partial charge < -0.3 is 10.6 Å². The molecule has 4 amide bonds. The number of nitrogens with zero attached hydrogens (tertiary/aromatic N) is 2. The molecule has 11 heteroatoms. The third kappa shape index (κ3) is 5.59. The van der Waals surface area contributed by atoms with E-state index in [1.165, 1.54) is 16.8 Å². The molecule has 1 aliphatic heterocycles. The number of hydrazine groups is 1. The zero-order valence-electron chi connectivity index (χ0n) is 17.0. The number of rotatable bonds is 7. The van der Waals surface area contributed by atoms with Crippen LogP contribution in [0.25, 0.3) is 0 Å². The number of hydrogen-bond donors (Lipinski definition) is 3. The average molecular weight is 474 g/mol. The maximum absolute atomic E-state index is 13.2. The fourth-order valence-corrected chi connectivity index (χ4v) is 3.60. The highest BCUT2D eigenvalue weighted by molar-refractivity contribution is 7.80. The van der Waals surface area contributed by atoms with Crippen LogP contribution in [0.5, 0.6) is 0 Å². The number of carbonyl (C=O) groups excluding carboxylic acids is 4. The molecule has 2 aromatic carbocycles. The smallest absolute Gasteiger partial charge is 0.258 e. The zero-order chi connectivity index (χ0) is 23.3. The van der Waals surface area contributed by atoms with Crippen molar-refractivity contribution in [3.63, 3.8) is 0 Å². The molecule has 32 heavy (non-hydrogen) atoms. The first-order chi connectivity index (χ1) is 15.3. The topological polar surface area (TPSA) is 111 Å². The van der Waals surface area contributed by atoms with Gasteiger partial charge in [0.1, 0.15) is 6.04 Å². The van der Waals surface area contributed by atoms with E-state index in [0.717, 1.165) is 0 Å². The number of hydrogen-bond acceptors (Lipinski definition) is 5. The summed E-state index contributed by atoms with van der Waals surface area (Å²) in [7, 11) is 0. The van der Waals surface area contributed by atoms with Gasteiger partial charge in [0, 0.05) is 17.6 Å². The predicted molar refractivity (Wildman–Crippen MR) is 124 cm³/mol. The first kappa shape index (κ1) is 23.2. The second kappa shape index (κ2) is 10.2. The lowest BCUT2D eigenvalue weighted by molar-refractivity contribution is -0.130. The van der Waals surface area contributed by atoms with Crippen LogP contribution in [-0.2, 0) is 19.2 Å². The molecule has 0 spiro atoms. The summed E-state index contributed by atoms with van der Waals surface area (Å²) in [6.07, 6.45) is -0.283. The highest BCUT2D eigenvalue weighted by atomic mass is 35.5. The molecule has 2 aromatic rings. The SMILES string of the molecule is CC(=O)NCC(=O)NN1C(=S)N(c2ccccc2)C(=O)C1CC(=O)Nc1cccc(Cl)c1. The Hall–Kier alpha value is -3.50. The molecule has 0 aliphatic carbocycles. The fraction of sp³-hybridized carbons (Fsp3) is 0.190. The number of benzene rings is 2. The number of para-hydroxylation sites is 1. The fourth-order valence-electron chi connectivity index (χ4n) is 3.05. The Balaban J connectivity index is 1.81. The number of thiocarbonyl (C=S) groups is 1. The van der Waals surface area contributed by atoms with E-state index in [2.05, 4.69) is 16.1 Å². The number of anilines is 2. The Morgan fingerprint density at radius 2 is 1.78 bits per heavy atom. The Morgan fingerprint density at radius 1 is 1.06 bits per heavy atom. The molecule has 0 aromatic heterocycles. The van der Waals surface area contributed by atoms with E-state index in [0.29, 0.717) is 16.4 Å². The molecule has 9 nitrogen and oxygen atoms in total. The third-order valence-corrected chi connectivity index (χ3v) is 5.07. The summed E-state index contributed by atoms with van der Waals surface area (Å²) in [4.78, 5) is 50.5. The molecule has 1 heterocycles. The number of carbonyl (C=O) groups is 4. The van der Waals surface area contributed by atoms with Crippen LogP contribution in [0.4, 0.5) is 11.4 Å². The molecule has 1 unspecified atom stereocenters. The van der Waals surface area contributed by atoms with Crippen molar-refractivity contribution in [2.24, 2.45) is 0 Å². The average Bonchev–Trinajstić information content (AvgIpc) is 2.96. The van der Waals surface area contributed by atoms with Crippen molar-refractivity contribution in [3.8, 4) is 0 Å². The Kier molecular flexibility index (Phi) is 7.39. The lowest BCUT2D eigenvalue weighted by Gasteiger charge is -2.24. The molecule has 1 aliphatic rings. The highest BCUT2D eigenvalue weighted by Gasteiger charge is 2.45. The summed E-state index contributed by atoms with van der Waals surface area (Å²) in [6.45, 7) is 0.965. The van der Waals surface area contributed by atoms with Crippen LogP contribution in [0.2, 0.25) is 5.02 Å². The van der Waals surface area contributed by atoms with Crippen LogP contribution in [0.1, 0.15) is 13.3 Å². The molecular weight excluding hydrogens is 454 g/mol. The van der Waals surface area contributed by atoms with Crippen LogP contribution in [0.15, 0.2) is 54.6 Å². The quantitative estimate of drug-likeness (QED) is 0.529. The summed E-state index contributed by atoms with van der Waals surface area (Å²) >= 11 is 11.4. The predicted octanol–water partition coefficient (Wildman–Crippen LogP) is 1.84. The van der Waals surface area contributed by atoms with Crippen LogP contribution < -0.4 is 21.0 Å². The van der Waals surface area contributed by atoms with Gasteiger partial charge in [-0.15, -0.1) is 0 Å². The second-order valence-electron chi connectivity index (χ2n) is 6.88. The van der Waals surface area contributed by atoms with E-state index < -0.39 is 23.8 Å². The number of halogens is 1. The van der Waals surface area contributed by atoms with Crippen molar-refractivity contribution in [2.45, 2.75) is 19.4 Å². The lowest BCUT2D eigenvalue weighted by atomic mass is 10.1. The summed E-state index contributed by atoms with van der Waals surface area (Å²) in [5, 5.41) is 6.68. The van der Waals surface area contributed by atoms with Gasteiger partial charge in [-0.3, -0.25) is 29.5 Å². The van der Waals surface area contributed by atoms with E-state index in [-0.39, 0.29) is 24.0 Å². The van der Waals surface area contributed by atoms with Gasteiger partial charge in [-0.1, -0.05) is 35.9 Å². The summed E-state index contributed by atoms with van der Waals surface area (Å²) < 4.78 is 0. The monoisotopic (exact) mass is 473 g/mol. The standard InChI is InChI=1S/C21H20ClN5O4S/c1-13(28)23-12-19(30)25-27-17(11-18(29)24-15-7-5-6-14(22)10-15)20(31)26(21(27)32)16-8-3-2-4-9-16/h2-10,17H,11-12H2,1H3,(H,23,28)(H,24,29)(H,25,30). The highest BCUT2D eigenvalue weighted by Crippen LogP contribution is 2.26. The van der Waals surface area contributed by atoms with Gasteiger partial charge in [-0.25, -0.2) is 5.01 Å². The van der Waals surface area contributed by atoms with E-state index in [1.54, 1.807) is 54.6 Å². The van der Waals surface area contributed by atoms with Gasteiger partial charge in [-0.05, 0) is 42.5 Å². The van der Waals surface area contributed by atoms with Crippen LogP contribution in [0, 0.1) is 0 Å². The Morgan fingerprint density at radius 3 is 2.44 bits per heavy atom. The molecular formula is C21H20ClN5O4S. The van der Waals surface area contributed by atoms with Gasteiger partial charge >= 0.3 is 0 Å². The molecule has 3 rings (SSSR count). The summed E-state index contributed by atoms with van der Waals surface area (Å²) in [5.74, 6) is -1.92. The minimum Gasteiger partial charge on any atom is -0.347 e. The molecule has 0 radical (unpaired) electrons. The molecule has 1 saturated heterocycles.